The molecule has 0 saturated heterocycles. The van der Waals surface area contributed by atoms with Gasteiger partial charge in [-0.1, -0.05) is 36.5 Å². The summed E-state index contributed by atoms with van der Waals surface area (Å²) >= 11 is 12.2. The molecule has 0 radical (unpaired) electrons. The summed E-state index contributed by atoms with van der Waals surface area (Å²) in [7, 11) is 1.54. The molecule has 0 amide bonds. The lowest BCUT2D eigenvalue weighted by molar-refractivity contribution is 0.276. The summed E-state index contributed by atoms with van der Waals surface area (Å²) in [5.41, 5.74) is 1.26. The van der Waals surface area contributed by atoms with Gasteiger partial charge in [-0.3, -0.25) is 4.98 Å². The van der Waals surface area contributed by atoms with E-state index in [0.717, 1.165) is 12.8 Å². The van der Waals surface area contributed by atoms with Gasteiger partial charge in [0.15, 0.2) is 5.75 Å². The average molecular weight is 378 g/mol. The van der Waals surface area contributed by atoms with Crippen LogP contribution in [-0.4, -0.2) is 23.7 Å². The van der Waals surface area contributed by atoms with Gasteiger partial charge in [0.2, 0.25) is 0 Å². The first-order valence-electron chi connectivity index (χ1n) is 7.69. The minimum Gasteiger partial charge on any atom is -0.491 e. The molecule has 0 N–H and O–H groups in total. The summed E-state index contributed by atoms with van der Waals surface area (Å²) < 4.78 is 10.9. The maximum absolute atomic E-state index is 9.52. The number of pyridine rings is 2. The molecule has 0 atom stereocenters. The molecule has 2 aromatic rings. The highest BCUT2D eigenvalue weighted by atomic mass is 35.5. The Bertz CT molecular complexity index is 796. The Balaban J connectivity index is 2.42. The van der Waals surface area contributed by atoms with Crippen LogP contribution in [0.3, 0.4) is 0 Å². The van der Waals surface area contributed by atoms with Gasteiger partial charge in [-0.15, -0.1) is 0 Å². The Morgan fingerprint density at radius 3 is 2.60 bits per heavy atom. The molecular formula is C18H17Cl2N3O2. The third-order valence-corrected chi connectivity index (χ3v) is 3.96. The van der Waals surface area contributed by atoms with E-state index < -0.39 is 0 Å². The van der Waals surface area contributed by atoms with E-state index in [1.165, 1.54) is 12.4 Å². The number of ether oxygens (including phenoxy) is 2. The molecule has 130 valence electrons. The second-order valence-corrected chi connectivity index (χ2v) is 5.91. The van der Waals surface area contributed by atoms with Crippen molar-refractivity contribution in [1.82, 2.24) is 9.97 Å². The van der Waals surface area contributed by atoms with E-state index in [0.29, 0.717) is 45.1 Å². The maximum Gasteiger partial charge on any atom is 0.257 e. The lowest BCUT2D eigenvalue weighted by Crippen LogP contribution is -2.02. The zero-order valence-electron chi connectivity index (χ0n) is 13.9. The quantitative estimate of drug-likeness (QED) is 0.499. The second-order valence-electron chi connectivity index (χ2n) is 5.09. The summed E-state index contributed by atoms with van der Waals surface area (Å²) in [6, 6.07) is 5.51. The second kappa shape index (κ2) is 9.26. The lowest BCUT2D eigenvalue weighted by atomic mass is 10.1. The standard InChI is InChI=1S/C18H17Cl2N3O2/c1-3-4-7-25-18-17(24-2)6-5-16(23-18)12(9-21)8-13-14(19)10-22-11-15(13)20/h5-6,8,10-11H,3-4,7H2,1-2H3/b12-8+. The third-order valence-electron chi connectivity index (χ3n) is 3.36. The van der Waals surface area contributed by atoms with Crippen LogP contribution in [-0.2, 0) is 0 Å². The molecule has 0 aliphatic heterocycles. The Labute approximate surface area is 156 Å². The number of hydrogen-bond donors (Lipinski definition) is 0. The van der Waals surface area contributed by atoms with E-state index in [2.05, 4.69) is 23.0 Å². The number of nitriles is 1. The van der Waals surface area contributed by atoms with Gasteiger partial charge in [-0.25, -0.2) is 4.98 Å². The van der Waals surface area contributed by atoms with Crippen LogP contribution in [0.1, 0.15) is 31.0 Å². The van der Waals surface area contributed by atoms with Gasteiger partial charge >= 0.3 is 0 Å². The number of hydrogen-bond acceptors (Lipinski definition) is 5. The zero-order valence-corrected chi connectivity index (χ0v) is 15.4. The first-order valence-corrected chi connectivity index (χ1v) is 8.45. The monoisotopic (exact) mass is 377 g/mol. The fourth-order valence-electron chi connectivity index (χ4n) is 2.02. The molecule has 25 heavy (non-hydrogen) atoms. The minimum absolute atomic E-state index is 0.304. The van der Waals surface area contributed by atoms with Crippen molar-refractivity contribution in [3.8, 4) is 17.7 Å². The van der Waals surface area contributed by atoms with E-state index in [1.54, 1.807) is 25.3 Å². The molecule has 0 spiro atoms. The Morgan fingerprint density at radius 2 is 2.00 bits per heavy atom. The SMILES string of the molecule is CCCCOc1nc(/C(C#N)=C/c2c(Cl)cncc2Cl)ccc1OC. The van der Waals surface area contributed by atoms with Crippen LogP contribution < -0.4 is 9.47 Å². The zero-order chi connectivity index (χ0) is 18.2. The summed E-state index contributed by atoms with van der Waals surface area (Å²) in [5, 5.41) is 10.2. The summed E-state index contributed by atoms with van der Waals surface area (Å²) in [5.74, 6) is 0.860. The molecule has 5 nitrogen and oxygen atoms in total. The molecule has 0 aliphatic rings. The van der Waals surface area contributed by atoms with Crippen LogP contribution in [0.2, 0.25) is 10.0 Å². The molecule has 0 fully saturated rings. The van der Waals surface area contributed by atoms with Gasteiger partial charge in [0, 0.05) is 18.0 Å². The van der Waals surface area contributed by atoms with Crippen molar-refractivity contribution in [2.24, 2.45) is 0 Å². The normalized spacial score (nSPS) is 11.1. The van der Waals surface area contributed by atoms with Crippen molar-refractivity contribution in [3.63, 3.8) is 0 Å². The highest BCUT2D eigenvalue weighted by Crippen LogP contribution is 2.30. The number of rotatable bonds is 7. The van der Waals surface area contributed by atoms with Crippen LogP contribution in [0.5, 0.6) is 11.6 Å². The molecule has 0 saturated carbocycles. The molecule has 0 bridgehead atoms. The van der Waals surface area contributed by atoms with Gasteiger partial charge in [0.25, 0.3) is 5.88 Å². The highest BCUT2D eigenvalue weighted by molar-refractivity contribution is 6.37. The van der Waals surface area contributed by atoms with E-state index in [9.17, 15) is 5.26 Å². The number of unbranched alkanes of at least 4 members (excludes halogenated alkanes) is 1. The van der Waals surface area contributed by atoms with E-state index >= 15 is 0 Å². The van der Waals surface area contributed by atoms with Crippen molar-refractivity contribution in [1.29, 1.82) is 5.26 Å². The van der Waals surface area contributed by atoms with Crippen LogP contribution in [0, 0.1) is 11.3 Å². The molecule has 0 aromatic carbocycles. The van der Waals surface area contributed by atoms with E-state index in [1.807, 2.05) is 0 Å². The smallest absolute Gasteiger partial charge is 0.257 e. The summed E-state index contributed by atoms with van der Waals surface area (Å²) in [6.07, 6.45) is 6.42. The van der Waals surface area contributed by atoms with Gasteiger partial charge < -0.3 is 9.47 Å². The lowest BCUT2D eigenvalue weighted by Gasteiger charge is -2.11. The minimum atomic E-state index is 0.304. The first kappa shape index (κ1) is 19.0. The molecule has 0 unspecified atom stereocenters. The summed E-state index contributed by atoms with van der Waals surface area (Å²) in [4.78, 5) is 8.30. The van der Waals surface area contributed by atoms with Gasteiger partial charge in [0.1, 0.15) is 6.07 Å². The van der Waals surface area contributed by atoms with Gasteiger partial charge in [-0.05, 0) is 24.6 Å². The third kappa shape index (κ3) is 4.85. The maximum atomic E-state index is 9.52. The Morgan fingerprint density at radius 1 is 1.28 bits per heavy atom. The molecule has 0 aliphatic carbocycles. The topological polar surface area (TPSA) is 68.0 Å². The van der Waals surface area contributed by atoms with Crippen molar-refractivity contribution < 1.29 is 9.47 Å². The number of aromatic nitrogens is 2. The predicted molar refractivity (Wildman–Crippen MR) is 98.9 cm³/mol. The average Bonchev–Trinajstić information content (AvgIpc) is 2.62. The fraction of sp³-hybridized carbons (Fsp3) is 0.278. The van der Waals surface area contributed by atoms with Crippen molar-refractivity contribution >= 4 is 34.9 Å². The van der Waals surface area contributed by atoms with Gasteiger partial charge in [0.05, 0.1) is 35.0 Å². The molecule has 2 rings (SSSR count). The number of nitrogens with zero attached hydrogens (tertiary/aromatic N) is 3. The molecule has 7 heteroatoms. The predicted octanol–water partition coefficient (Wildman–Crippen LogP) is 5.04. The van der Waals surface area contributed by atoms with Crippen LogP contribution in [0.4, 0.5) is 0 Å². The van der Waals surface area contributed by atoms with E-state index in [4.69, 9.17) is 32.7 Å². The molecule has 2 aromatic heterocycles. The number of allylic oxidation sites excluding steroid dienone is 1. The van der Waals surface area contributed by atoms with Crippen LogP contribution >= 0.6 is 23.2 Å². The van der Waals surface area contributed by atoms with Crippen molar-refractivity contribution in [2.75, 3.05) is 13.7 Å². The first-order chi connectivity index (χ1) is 12.1. The largest absolute Gasteiger partial charge is 0.491 e. The van der Waals surface area contributed by atoms with Crippen LogP contribution in [0.25, 0.3) is 11.6 Å². The highest BCUT2D eigenvalue weighted by Gasteiger charge is 2.12. The number of halogens is 2. The fourth-order valence-corrected chi connectivity index (χ4v) is 2.49. The van der Waals surface area contributed by atoms with E-state index in [-0.39, 0.29) is 0 Å². The summed E-state index contributed by atoms with van der Waals surface area (Å²) in [6.45, 7) is 2.60. The molecule has 2 heterocycles. The van der Waals surface area contributed by atoms with Gasteiger partial charge in [-0.2, -0.15) is 5.26 Å². The number of methoxy groups -OCH3 is 1. The van der Waals surface area contributed by atoms with Crippen molar-refractivity contribution in [3.05, 3.63) is 45.8 Å². The molecular weight excluding hydrogens is 361 g/mol. The Hall–Kier alpha value is -2.29. The Kier molecular flexibility index (Phi) is 7.05. The van der Waals surface area contributed by atoms with Crippen molar-refractivity contribution in [2.45, 2.75) is 19.8 Å². The van der Waals surface area contributed by atoms with Crippen LogP contribution in [0.15, 0.2) is 24.5 Å².